The first kappa shape index (κ1) is 17.2. The van der Waals surface area contributed by atoms with Gasteiger partial charge in [0.25, 0.3) is 5.88 Å². The fourth-order valence-corrected chi connectivity index (χ4v) is 3.19. The Morgan fingerprint density at radius 1 is 1.16 bits per heavy atom. The predicted octanol–water partition coefficient (Wildman–Crippen LogP) is 4.24. The fourth-order valence-electron chi connectivity index (χ4n) is 1.86. The van der Waals surface area contributed by atoms with Gasteiger partial charge in [-0.2, -0.15) is 4.37 Å². The Kier molecular flexibility index (Phi) is 4.86. The van der Waals surface area contributed by atoms with E-state index in [-0.39, 0.29) is 16.7 Å². The van der Waals surface area contributed by atoms with E-state index in [2.05, 4.69) is 25.0 Å². The average Bonchev–Trinajstić information content (AvgIpc) is 3.04. The van der Waals surface area contributed by atoms with Gasteiger partial charge in [-0.25, -0.2) is 23.5 Å². The molecule has 2 N–H and O–H groups in total. The van der Waals surface area contributed by atoms with Gasteiger partial charge in [0.2, 0.25) is 5.13 Å². The summed E-state index contributed by atoms with van der Waals surface area (Å²) in [4.78, 5) is 20.0. The molecule has 1 aromatic carbocycles. The average molecular weight is 383 g/mol. The third-order valence-electron chi connectivity index (χ3n) is 2.75. The second-order valence-corrected chi connectivity index (χ2v) is 6.77. The summed E-state index contributed by atoms with van der Waals surface area (Å²) in [6.45, 7) is 3.40. The minimum atomic E-state index is -0.796. The minimum absolute atomic E-state index is 0.00842. The van der Waals surface area contributed by atoms with Crippen LogP contribution in [0.1, 0.15) is 10.8 Å². The van der Waals surface area contributed by atoms with Crippen molar-refractivity contribution in [1.29, 1.82) is 0 Å². The van der Waals surface area contributed by atoms with Gasteiger partial charge in [-0.05, 0) is 26.0 Å². The van der Waals surface area contributed by atoms with Crippen molar-refractivity contribution in [3.63, 3.8) is 0 Å². The summed E-state index contributed by atoms with van der Waals surface area (Å²) in [6.07, 6.45) is -0.796. The molecule has 0 atom stereocenters. The summed E-state index contributed by atoms with van der Waals surface area (Å²) in [7, 11) is 0. The van der Waals surface area contributed by atoms with Crippen molar-refractivity contribution >= 4 is 44.8 Å². The van der Waals surface area contributed by atoms with Gasteiger partial charge in [0.15, 0.2) is 5.00 Å². The van der Waals surface area contributed by atoms with E-state index in [1.165, 1.54) is 11.3 Å². The van der Waals surface area contributed by atoms with Crippen LogP contribution in [-0.2, 0) is 0 Å². The van der Waals surface area contributed by atoms with Crippen LogP contribution in [0, 0.1) is 25.5 Å². The van der Waals surface area contributed by atoms with Gasteiger partial charge in [-0.1, -0.05) is 11.3 Å². The van der Waals surface area contributed by atoms with Gasteiger partial charge >= 0.3 is 6.09 Å². The number of halogens is 2. The SMILES string of the molecule is Cc1nsc(NC(=O)Oc2nc(C)sc2Nc2cc(F)cc(F)c2)n1. The second-order valence-electron chi connectivity index (χ2n) is 4.81. The normalized spacial score (nSPS) is 10.6. The topological polar surface area (TPSA) is 89.0 Å². The molecule has 2 heterocycles. The zero-order valence-corrected chi connectivity index (χ0v) is 14.6. The highest BCUT2D eigenvalue weighted by Crippen LogP contribution is 2.34. The van der Waals surface area contributed by atoms with E-state index in [0.717, 1.165) is 29.7 Å². The van der Waals surface area contributed by atoms with Crippen molar-refractivity contribution in [1.82, 2.24) is 14.3 Å². The molecule has 0 saturated heterocycles. The maximum atomic E-state index is 13.3. The van der Waals surface area contributed by atoms with Crippen molar-refractivity contribution in [2.75, 3.05) is 10.6 Å². The van der Waals surface area contributed by atoms with Crippen LogP contribution in [0.4, 0.5) is 29.4 Å². The molecule has 7 nitrogen and oxygen atoms in total. The van der Waals surface area contributed by atoms with E-state index in [0.29, 0.717) is 15.8 Å². The molecule has 0 fully saturated rings. The van der Waals surface area contributed by atoms with Crippen LogP contribution in [0.5, 0.6) is 5.88 Å². The summed E-state index contributed by atoms with van der Waals surface area (Å²) < 4.78 is 35.7. The Morgan fingerprint density at radius 2 is 1.88 bits per heavy atom. The molecule has 3 aromatic rings. The van der Waals surface area contributed by atoms with E-state index < -0.39 is 17.7 Å². The van der Waals surface area contributed by atoms with Crippen molar-refractivity contribution in [2.45, 2.75) is 13.8 Å². The molecule has 25 heavy (non-hydrogen) atoms. The van der Waals surface area contributed by atoms with Gasteiger partial charge < -0.3 is 10.1 Å². The number of ether oxygens (including phenoxy) is 1. The van der Waals surface area contributed by atoms with Crippen LogP contribution in [0.15, 0.2) is 18.2 Å². The smallest absolute Gasteiger partial charge is 0.388 e. The number of benzene rings is 1. The Morgan fingerprint density at radius 3 is 2.52 bits per heavy atom. The molecule has 11 heteroatoms. The summed E-state index contributed by atoms with van der Waals surface area (Å²) in [5.74, 6) is -0.933. The number of nitrogens with zero attached hydrogens (tertiary/aromatic N) is 3. The number of amides is 1. The molecule has 130 valence electrons. The van der Waals surface area contributed by atoms with E-state index in [9.17, 15) is 13.6 Å². The standard InChI is InChI=1S/C14H11F2N5O2S2/c1-6-17-13(25-21-6)20-14(22)23-11-12(24-7(2)18-11)19-10-4-8(15)3-9(16)5-10/h3-5,19H,1-2H3,(H,17,20,21,22). The lowest BCUT2D eigenvalue weighted by Gasteiger charge is -2.07. The van der Waals surface area contributed by atoms with Crippen LogP contribution >= 0.6 is 22.9 Å². The maximum Gasteiger partial charge on any atom is 0.420 e. The second kappa shape index (κ2) is 7.07. The number of carbonyl (C=O) groups excluding carboxylic acids is 1. The lowest BCUT2D eigenvalue weighted by molar-refractivity contribution is 0.214. The van der Waals surface area contributed by atoms with Crippen molar-refractivity contribution in [2.24, 2.45) is 0 Å². The monoisotopic (exact) mass is 383 g/mol. The Bertz CT molecular complexity index is 908. The third-order valence-corrected chi connectivity index (χ3v) is 4.34. The Labute approximate surface area is 148 Å². The Balaban J connectivity index is 1.75. The van der Waals surface area contributed by atoms with Crippen LogP contribution in [0.3, 0.4) is 0 Å². The van der Waals surface area contributed by atoms with E-state index in [1.807, 2.05) is 0 Å². The first-order valence-corrected chi connectivity index (χ1v) is 8.48. The van der Waals surface area contributed by atoms with E-state index >= 15 is 0 Å². The minimum Gasteiger partial charge on any atom is -0.388 e. The lowest BCUT2D eigenvalue weighted by atomic mass is 10.3. The molecule has 0 bridgehead atoms. The molecule has 0 unspecified atom stereocenters. The van der Waals surface area contributed by atoms with Crippen LogP contribution in [0.2, 0.25) is 0 Å². The zero-order valence-electron chi connectivity index (χ0n) is 13.0. The molecule has 0 saturated carbocycles. The van der Waals surface area contributed by atoms with Crippen LogP contribution < -0.4 is 15.4 Å². The van der Waals surface area contributed by atoms with E-state index in [4.69, 9.17) is 4.74 Å². The first-order chi connectivity index (χ1) is 11.9. The van der Waals surface area contributed by atoms with E-state index in [1.54, 1.807) is 13.8 Å². The lowest BCUT2D eigenvalue weighted by Crippen LogP contribution is -2.17. The van der Waals surface area contributed by atoms with Crippen LogP contribution in [-0.4, -0.2) is 20.4 Å². The predicted molar refractivity (Wildman–Crippen MR) is 90.8 cm³/mol. The van der Waals surface area contributed by atoms with Gasteiger partial charge in [0, 0.05) is 23.3 Å². The van der Waals surface area contributed by atoms with Crippen molar-refractivity contribution < 1.29 is 18.3 Å². The molecular weight excluding hydrogens is 372 g/mol. The number of thiazole rings is 1. The summed E-state index contributed by atoms with van der Waals surface area (Å²) in [5.41, 5.74) is 0.172. The number of aryl methyl sites for hydroxylation is 2. The van der Waals surface area contributed by atoms with Gasteiger partial charge in [-0.15, -0.1) is 0 Å². The number of anilines is 3. The number of carbonyl (C=O) groups is 1. The summed E-state index contributed by atoms with van der Waals surface area (Å²) >= 11 is 2.19. The summed E-state index contributed by atoms with van der Waals surface area (Å²) in [6, 6.07) is 3.00. The number of rotatable bonds is 4. The van der Waals surface area contributed by atoms with Crippen LogP contribution in [0.25, 0.3) is 0 Å². The summed E-state index contributed by atoms with van der Waals surface area (Å²) in [5, 5.41) is 6.46. The number of hydrogen-bond acceptors (Lipinski definition) is 8. The molecule has 0 aliphatic heterocycles. The van der Waals surface area contributed by atoms with Gasteiger partial charge in [0.1, 0.15) is 17.5 Å². The first-order valence-electron chi connectivity index (χ1n) is 6.89. The third kappa shape index (κ3) is 4.45. The molecule has 1 amide bonds. The van der Waals surface area contributed by atoms with Gasteiger partial charge in [-0.3, -0.25) is 5.32 Å². The highest BCUT2D eigenvalue weighted by atomic mass is 32.1. The van der Waals surface area contributed by atoms with Gasteiger partial charge in [0.05, 0.1) is 5.01 Å². The fraction of sp³-hybridized carbons (Fsp3) is 0.143. The largest absolute Gasteiger partial charge is 0.420 e. The molecule has 0 aliphatic carbocycles. The molecule has 0 spiro atoms. The number of nitrogens with one attached hydrogen (secondary N) is 2. The molecule has 0 aliphatic rings. The highest BCUT2D eigenvalue weighted by molar-refractivity contribution is 7.16. The Hall–Kier alpha value is -2.66. The number of aromatic nitrogens is 3. The number of hydrogen-bond donors (Lipinski definition) is 2. The van der Waals surface area contributed by atoms with Crippen molar-refractivity contribution in [3.05, 3.63) is 40.7 Å². The molecule has 0 radical (unpaired) electrons. The van der Waals surface area contributed by atoms with Crippen molar-refractivity contribution in [3.8, 4) is 5.88 Å². The quantitative estimate of drug-likeness (QED) is 0.700. The molecule has 3 rings (SSSR count). The molecular formula is C14H11F2N5O2S2. The molecule has 2 aromatic heterocycles. The zero-order chi connectivity index (χ0) is 18.0. The maximum absolute atomic E-state index is 13.3. The highest BCUT2D eigenvalue weighted by Gasteiger charge is 2.17.